The van der Waals surface area contributed by atoms with Crippen LogP contribution >= 0.6 is 0 Å². The van der Waals surface area contributed by atoms with Crippen LogP contribution in [0.3, 0.4) is 0 Å². The number of piperazine rings is 1. The molecule has 0 saturated carbocycles. The van der Waals surface area contributed by atoms with E-state index in [-0.39, 0.29) is 0 Å². The highest BCUT2D eigenvalue weighted by molar-refractivity contribution is 5.71. The molecule has 19 heavy (non-hydrogen) atoms. The Morgan fingerprint density at radius 3 is 2.47 bits per heavy atom. The van der Waals surface area contributed by atoms with Crippen LogP contribution in [-0.2, 0) is 0 Å². The first-order chi connectivity index (χ1) is 9.36. The maximum Gasteiger partial charge on any atom is 0.196 e. The van der Waals surface area contributed by atoms with E-state index in [2.05, 4.69) is 14.8 Å². The molecular formula is C14H15N3O2. The van der Waals surface area contributed by atoms with E-state index in [0.717, 1.165) is 44.2 Å². The third kappa shape index (κ3) is 2.45. The summed E-state index contributed by atoms with van der Waals surface area (Å²) in [6, 6.07) is 9.49. The van der Waals surface area contributed by atoms with Crippen molar-refractivity contribution in [1.82, 2.24) is 4.98 Å². The number of anilines is 2. The van der Waals surface area contributed by atoms with Crippen LogP contribution in [0.1, 0.15) is 10.6 Å². The summed E-state index contributed by atoms with van der Waals surface area (Å²) in [6.45, 7) is 3.52. The van der Waals surface area contributed by atoms with Crippen molar-refractivity contribution in [3.63, 3.8) is 0 Å². The second-order valence-electron chi connectivity index (χ2n) is 4.46. The molecular weight excluding hydrogens is 242 g/mol. The maximum atomic E-state index is 10.6. The summed E-state index contributed by atoms with van der Waals surface area (Å²) in [5.41, 5.74) is 0. The molecule has 1 saturated heterocycles. The van der Waals surface area contributed by atoms with Gasteiger partial charge in [-0.05, 0) is 18.2 Å². The first-order valence-electron chi connectivity index (χ1n) is 6.33. The van der Waals surface area contributed by atoms with E-state index in [0.29, 0.717) is 5.76 Å². The van der Waals surface area contributed by atoms with Crippen molar-refractivity contribution in [2.45, 2.75) is 0 Å². The summed E-state index contributed by atoms with van der Waals surface area (Å²) >= 11 is 0. The fraction of sp³-hybridized carbons (Fsp3) is 0.286. The van der Waals surface area contributed by atoms with Crippen molar-refractivity contribution in [1.29, 1.82) is 0 Å². The summed E-state index contributed by atoms with van der Waals surface area (Å²) < 4.78 is 5.44. The average molecular weight is 257 g/mol. The number of hydrogen-bond acceptors (Lipinski definition) is 5. The molecule has 0 aromatic carbocycles. The monoisotopic (exact) mass is 257 g/mol. The summed E-state index contributed by atoms with van der Waals surface area (Å²) in [7, 11) is 0. The highest BCUT2D eigenvalue weighted by Gasteiger charge is 2.20. The van der Waals surface area contributed by atoms with Crippen LogP contribution in [-0.4, -0.2) is 37.4 Å². The van der Waals surface area contributed by atoms with Gasteiger partial charge in [0.2, 0.25) is 0 Å². The minimum atomic E-state index is 0.377. The molecule has 0 radical (unpaired) electrons. The molecule has 0 unspecified atom stereocenters. The smallest absolute Gasteiger partial charge is 0.196 e. The van der Waals surface area contributed by atoms with Gasteiger partial charge in [-0.1, -0.05) is 6.07 Å². The van der Waals surface area contributed by atoms with Gasteiger partial charge in [-0.25, -0.2) is 4.98 Å². The number of aromatic nitrogens is 1. The Hall–Kier alpha value is -2.30. The SMILES string of the molecule is O=Cc1ccc(N2CCN(c3ccccn3)CC2)o1. The van der Waals surface area contributed by atoms with E-state index in [4.69, 9.17) is 4.42 Å². The Morgan fingerprint density at radius 1 is 1.05 bits per heavy atom. The molecule has 0 atom stereocenters. The topological polar surface area (TPSA) is 49.6 Å². The fourth-order valence-electron chi connectivity index (χ4n) is 2.27. The third-order valence-corrected chi connectivity index (χ3v) is 3.29. The predicted octanol–water partition coefficient (Wildman–Crippen LogP) is 1.81. The molecule has 0 bridgehead atoms. The number of pyridine rings is 1. The normalized spacial score (nSPS) is 15.6. The summed E-state index contributed by atoms with van der Waals surface area (Å²) in [5.74, 6) is 2.15. The largest absolute Gasteiger partial charge is 0.438 e. The van der Waals surface area contributed by atoms with Crippen molar-refractivity contribution < 1.29 is 9.21 Å². The molecule has 1 fully saturated rings. The Bertz CT molecular complexity index is 545. The lowest BCUT2D eigenvalue weighted by Crippen LogP contribution is -2.46. The Balaban J connectivity index is 1.65. The molecule has 3 rings (SSSR count). The molecule has 3 heterocycles. The summed E-state index contributed by atoms with van der Waals surface area (Å²) in [5, 5.41) is 0. The van der Waals surface area contributed by atoms with Crippen LogP contribution in [0.25, 0.3) is 0 Å². The van der Waals surface area contributed by atoms with Crippen LogP contribution in [0.2, 0.25) is 0 Å². The average Bonchev–Trinajstić information content (AvgIpc) is 2.97. The number of rotatable bonds is 3. The van der Waals surface area contributed by atoms with Gasteiger partial charge in [-0.3, -0.25) is 4.79 Å². The molecule has 2 aromatic rings. The lowest BCUT2D eigenvalue weighted by molar-refractivity contribution is 0.110. The van der Waals surface area contributed by atoms with Gasteiger partial charge < -0.3 is 14.2 Å². The molecule has 1 aliphatic heterocycles. The summed E-state index contributed by atoms with van der Waals surface area (Å²) in [4.78, 5) is 19.4. The maximum absolute atomic E-state index is 10.6. The van der Waals surface area contributed by atoms with Gasteiger partial charge in [0.1, 0.15) is 5.82 Å². The number of nitrogens with zero attached hydrogens (tertiary/aromatic N) is 3. The minimum absolute atomic E-state index is 0.377. The zero-order chi connectivity index (χ0) is 13.1. The molecule has 98 valence electrons. The molecule has 5 nitrogen and oxygen atoms in total. The minimum Gasteiger partial charge on any atom is -0.438 e. The first kappa shape index (κ1) is 11.8. The number of aldehydes is 1. The molecule has 2 aromatic heterocycles. The number of hydrogen-bond donors (Lipinski definition) is 0. The Labute approximate surface area is 111 Å². The van der Waals surface area contributed by atoms with Crippen molar-refractivity contribution in [3.05, 3.63) is 42.3 Å². The van der Waals surface area contributed by atoms with Gasteiger partial charge in [0.15, 0.2) is 17.9 Å². The number of carbonyl (C=O) groups excluding carboxylic acids is 1. The van der Waals surface area contributed by atoms with Gasteiger partial charge >= 0.3 is 0 Å². The molecule has 0 spiro atoms. The second kappa shape index (κ2) is 5.14. The van der Waals surface area contributed by atoms with Gasteiger partial charge in [0, 0.05) is 38.4 Å². The van der Waals surface area contributed by atoms with E-state index in [1.807, 2.05) is 30.5 Å². The Morgan fingerprint density at radius 2 is 1.84 bits per heavy atom. The number of carbonyl (C=O) groups is 1. The van der Waals surface area contributed by atoms with Crippen LogP contribution < -0.4 is 9.80 Å². The first-order valence-corrected chi connectivity index (χ1v) is 6.33. The standard InChI is InChI=1S/C14H15N3O2/c18-11-12-4-5-14(19-12)17-9-7-16(8-10-17)13-3-1-2-6-15-13/h1-6,11H,7-10H2. The molecule has 5 heteroatoms. The highest BCUT2D eigenvalue weighted by atomic mass is 16.4. The van der Waals surface area contributed by atoms with Crippen molar-refractivity contribution >= 4 is 18.0 Å². The van der Waals surface area contributed by atoms with Gasteiger partial charge in [0.25, 0.3) is 0 Å². The lowest BCUT2D eigenvalue weighted by Gasteiger charge is -2.35. The van der Waals surface area contributed by atoms with Crippen LogP contribution in [0.15, 0.2) is 40.9 Å². The van der Waals surface area contributed by atoms with E-state index >= 15 is 0 Å². The zero-order valence-corrected chi connectivity index (χ0v) is 10.5. The molecule has 1 aliphatic rings. The van der Waals surface area contributed by atoms with Crippen molar-refractivity contribution in [2.75, 3.05) is 36.0 Å². The van der Waals surface area contributed by atoms with Crippen LogP contribution in [0, 0.1) is 0 Å². The number of furan rings is 1. The van der Waals surface area contributed by atoms with E-state index in [1.165, 1.54) is 0 Å². The van der Waals surface area contributed by atoms with E-state index in [1.54, 1.807) is 6.07 Å². The van der Waals surface area contributed by atoms with E-state index < -0.39 is 0 Å². The highest BCUT2D eigenvalue weighted by Crippen LogP contribution is 2.20. The molecule has 0 amide bonds. The van der Waals surface area contributed by atoms with Gasteiger partial charge in [-0.15, -0.1) is 0 Å². The van der Waals surface area contributed by atoms with Crippen molar-refractivity contribution in [3.8, 4) is 0 Å². The van der Waals surface area contributed by atoms with Crippen molar-refractivity contribution in [2.24, 2.45) is 0 Å². The van der Waals surface area contributed by atoms with Crippen LogP contribution in [0.5, 0.6) is 0 Å². The Kier molecular flexibility index (Phi) is 3.18. The summed E-state index contributed by atoms with van der Waals surface area (Å²) in [6.07, 6.45) is 2.54. The quantitative estimate of drug-likeness (QED) is 0.785. The van der Waals surface area contributed by atoms with Gasteiger partial charge in [0.05, 0.1) is 0 Å². The van der Waals surface area contributed by atoms with Crippen LogP contribution in [0.4, 0.5) is 11.7 Å². The zero-order valence-electron chi connectivity index (χ0n) is 10.5. The third-order valence-electron chi connectivity index (χ3n) is 3.29. The molecule has 0 N–H and O–H groups in total. The fourth-order valence-corrected chi connectivity index (χ4v) is 2.27. The van der Waals surface area contributed by atoms with Gasteiger partial charge in [-0.2, -0.15) is 0 Å². The predicted molar refractivity (Wildman–Crippen MR) is 72.8 cm³/mol. The van der Waals surface area contributed by atoms with E-state index in [9.17, 15) is 4.79 Å². The second-order valence-corrected chi connectivity index (χ2v) is 4.46. The lowest BCUT2D eigenvalue weighted by atomic mass is 10.3. The molecule has 0 aliphatic carbocycles.